The zero-order chi connectivity index (χ0) is 13.5. The summed E-state index contributed by atoms with van der Waals surface area (Å²) >= 11 is 0. The molecule has 0 fully saturated rings. The Morgan fingerprint density at radius 1 is 1.56 bits per heavy atom. The predicted octanol–water partition coefficient (Wildman–Crippen LogP) is 0.855. The highest BCUT2D eigenvalue weighted by Crippen LogP contribution is 1.99. The molecule has 18 heavy (non-hydrogen) atoms. The van der Waals surface area contributed by atoms with Crippen LogP contribution in [-0.4, -0.2) is 29.0 Å². The number of carbonyl (C=O) groups is 1. The lowest BCUT2D eigenvalue weighted by Crippen LogP contribution is -2.34. The Morgan fingerprint density at radius 2 is 2.28 bits per heavy atom. The van der Waals surface area contributed by atoms with Crippen molar-refractivity contribution in [2.75, 3.05) is 19.3 Å². The number of likely N-dealkylation sites (N-methyl/N-ethyl adjacent to an activating group) is 1. The van der Waals surface area contributed by atoms with Crippen molar-refractivity contribution in [3.05, 3.63) is 41.3 Å². The van der Waals surface area contributed by atoms with Gasteiger partial charge in [-0.2, -0.15) is 0 Å². The molecule has 0 aliphatic rings. The normalized spacial score (nSPS) is 10.1. The molecule has 0 bridgehead atoms. The molecule has 1 amide bonds. The molecule has 0 spiro atoms. The number of nitrogens with two attached hydrogens (primary N) is 1. The van der Waals surface area contributed by atoms with Crippen LogP contribution in [0.3, 0.4) is 0 Å². The van der Waals surface area contributed by atoms with Crippen molar-refractivity contribution in [1.29, 1.82) is 0 Å². The smallest absolute Gasteiger partial charge is 0.251 e. The Hall–Kier alpha value is -2.04. The van der Waals surface area contributed by atoms with Crippen LogP contribution in [0.5, 0.6) is 0 Å². The van der Waals surface area contributed by atoms with Gasteiger partial charge >= 0.3 is 0 Å². The van der Waals surface area contributed by atoms with Crippen LogP contribution < -0.4 is 11.3 Å². The molecule has 0 aliphatic carbocycles. The van der Waals surface area contributed by atoms with E-state index < -0.39 is 0 Å². The number of pyridine rings is 1. The standard InChI is InChI=1S/C13H19N3O2/c1-3-4-5-8-15(2)13(18)10-16-9-11(14)6-7-12(16)17/h3,6-7,9H,1,4-5,8,10,14H2,2H3. The van der Waals surface area contributed by atoms with Gasteiger partial charge in [-0.05, 0) is 18.9 Å². The van der Waals surface area contributed by atoms with Crippen LogP contribution in [0.1, 0.15) is 12.8 Å². The van der Waals surface area contributed by atoms with Crippen molar-refractivity contribution in [2.45, 2.75) is 19.4 Å². The molecule has 0 radical (unpaired) electrons. The third-order valence-electron chi connectivity index (χ3n) is 2.64. The minimum Gasteiger partial charge on any atom is -0.398 e. The number of hydrogen-bond acceptors (Lipinski definition) is 3. The van der Waals surface area contributed by atoms with E-state index in [0.29, 0.717) is 12.2 Å². The molecule has 0 atom stereocenters. The van der Waals surface area contributed by atoms with Crippen LogP contribution in [0.4, 0.5) is 5.69 Å². The topological polar surface area (TPSA) is 68.3 Å². The number of allylic oxidation sites excluding steroid dienone is 1. The van der Waals surface area contributed by atoms with Crippen molar-refractivity contribution < 1.29 is 4.79 Å². The first-order valence-corrected chi connectivity index (χ1v) is 5.85. The fourth-order valence-corrected chi connectivity index (χ4v) is 1.54. The molecule has 5 heteroatoms. The van der Waals surface area contributed by atoms with Gasteiger partial charge in [0, 0.05) is 31.5 Å². The lowest BCUT2D eigenvalue weighted by Gasteiger charge is -2.17. The van der Waals surface area contributed by atoms with Crippen molar-refractivity contribution >= 4 is 11.6 Å². The third kappa shape index (κ3) is 4.08. The summed E-state index contributed by atoms with van der Waals surface area (Å²) in [5.74, 6) is -0.105. The van der Waals surface area contributed by atoms with Gasteiger partial charge in [-0.1, -0.05) is 6.08 Å². The summed E-state index contributed by atoms with van der Waals surface area (Å²) in [6, 6.07) is 2.89. The SMILES string of the molecule is C=CCCCN(C)C(=O)Cn1cc(N)ccc1=O. The number of carbonyl (C=O) groups excluding carboxylic acids is 1. The largest absolute Gasteiger partial charge is 0.398 e. The summed E-state index contributed by atoms with van der Waals surface area (Å²) in [7, 11) is 1.72. The average Bonchev–Trinajstić information content (AvgIpc) is 2.34. The highest BCUT2D eigenvalue weighted by molar-refractivity contribution is 5.75. The number of aromatic nitrogens is 1. The monoisotopic (exact) mass is 249 g/mol. The second-order valence-electron chi connectivity index (χ2n) is 4.17. The van der Waals surface area contributed by atoms with E-state index in [4.69, 9.17) is 5.73 Å². The van der Waals surface area contributed by atoms with Gasteiger partial charge in [0.05, 0.1) is 0 Å². The van der Waals surface area contributed by atoms with Gasteiger partial charge in [0.1, 0.15) is 6.54 Å². The summed E-state index contributed by atoms with van der Waals surface area (Å²) < 4.78 is 1.32. The van der Waals surface area contributed by atoms with E-state index >= 15 is 0 Å². The molecule has 0 saturated carbocycles. The van der Waals surface area contributed by atoms with Gasteiger partial charge in [0.25, 0.3) is 5.56 Å². The fourth-order valence-electron chi connectivity index (χ4n) is 1.54. The number of hydrogen-bond donors (Lipinski definition) is 1. The van der Waals surface area contributed by atoms with Crippen molar-refractivity contribution in [3.8, 4) is 0 Å². The lowest BCUT2D eigenvalue weighted by atomic mass is 10.3. The number of nitrogen functional groups attached to an aromatic ring is 1. The van der Waals surface area contributed by atoms with Crippen LogP contribution in [0.25, 0.3) is 0 Å². The lowest BCUT2D eigenvalue weighted by molar-refractivity contribution is -0.130. The fraction of sp³-hybridized carbons (Fsp3) is 0.385. The molecular formula is C13H19N3O2. The maximum atomic E-state index is 11.9. The van der Waals surface area contributed by atoms with E-state index in [0.717, 1.165) is 12.8 Å². The zero-order valence-corrected chi connectivity index (χ0v) is 10.6. The molecule has 1 heterocycles. The van der Waals surface area contributed by atoms with Gasteiger partial charge < -0.3 is 15.2 Å². The maximum absolute atomic E-state index is 11.9. The van der Waals surface area contributed by atoms with Crippen LogP contribution in [-0.2, 0) is 11.3 Å². The van der Waals surface area contributed by atoms with E-state index in [2.05, 4.69) is 6.58 Å². The Kier molecular flexibility index (Phi) is 5.17. The Bertz CT molecular complexity index is 479. The number of amides is 1. The Morgan fingerprint density at radius 3 is 2.94 bits per heavy atom. The second-order valence-corrected chi connectivity index (χ2v) is 4.17. The highest BCUT2D eigenvalue weighted by Gasteiger charge is 2.09. The van der Waals surface area contributed by atoms with Gasteiger partial charge in [-0.15, -0.1) is 6.58 Å². The van der Waals surface area contributed by atoms with Gasteiger partial charge in [-0.25, -0.2) is 0 Å². The molecule has 0 saturated heterocycles. The minimum atomic E-state index is -0.225. The number of anilines is 1. The summed E-state index contributed by atoms with van der Waals surface area (Å²) in [4.78, 5) is 25.0. The van der Waals surface area contributed by atoms with E-state index in [1.54, 1.807) is 11.9 Å². The Labute approximate surface area is 107 Å². The summed E-state index contributed by atoms with van der Waals surface area (Å²) in [5.41, 5.74) is 5.83. The van der Waals surface area contributed by atoms with Crippen LogP contribution in [0, 0.1) is 0 Å². The maximum Gasteiger partial charge on any atom is 0.251 e. The minimum absolute atomic E-state index is 0.0223. The average molecular weight is 249 g/mol. The highest BCUT2D eigenvalue weighted by atomic mass is 16.2. The van der Waals surface area contributed by atoms with E-state index in [-0.39, 0.29) is 18.0 Å². The molecule has 98 valence electrons. The molecule has 1 aromatic heterocycles. The number of unbranched alkanes of at least 4 members (excludes halogenated alkanes) is 1. The van der Waals surface area contributed by atoms with Crippen LogP contribution in [0.15, 0.2) is 35.8 Å². The zero-order valence-electron chi connectivity index (χ0n) is 10.6. The van der Waals surface area contributed by atoms with Crippen LogP contribution >= 0.6 is 0 Å². The summed E-state index contributed by atoms with van der Waals surface area (Å²) in [6.45, 7) is 4.31. The quantitative estimate of drug-likeness (QED) is 0.600. The molecule has 1 rings (SSSR count). The molecule has 2 N–H and O–H groups in total. The predicted molar refractivity (Wildman–Crippen MR) is 72.2 cm³/mol. The van der Waals surface area contributed by atoms with Gasteiger partial charge in [-0.3, -0.25) is 9.59 Å². The van der Waals surface area contributed by atoms with Crippen molar-refractivity contribution in [2.24, 2.45) is 0 Å². The Balaban J connectivity index is 2.60. The summed E-state index contributed by atoms with van der Waals surface area (Å²) in [5, 5.41) is 0. The molecule has 1 aromatic rings. The number of rotatable bonds is 6. The second kappa shape index (κ2) is 6.64. The van der Waals surface area contributed by atoms with E-state index in [9.17, 15) is 9.59 Å². The van der Waals surface area contributed by atoms with Gasteiger partial charge in [0.2, 0.25) is 5.91 Å². The van der Waals surface area contributed by atoms with Gasteiger partial charge in [0.15, 0.2) is 0 Å². The molecule has 0 unspecified atom stereocenters. The third-order valence-corrected chi connectivity index (χ3v) is 2.64. The van der Waals surface area contributed by atoms with Crippen molar-refractivity contribution in [1.82, 2.24) is 9.47 Å². The molecular weight excluding hydrogens is 230 g/mol. The first-order valence-electron chi connectivity index (χ1n) is 5.85. The molecule has 0 aliphatic heterocycles. The first kappa shape index (κ1) is 14.0. The van der Waals surface area contributed by atoms with Crippen molar-refractivity contribution in [3.63, 3.8) is 0 Å². The van der Waals surface area contributed by atoms with E-state index in [1.165, 1.54) is 22.9 Å². The van der Waals surface area contributed by atoms with E-state index in [1.807, 2.05) is 6.08 Å². The summed E-state index contributed by atoms with van der Waals surface area (Å²) in [6.07, 6.45) is 5.05. The number of nitrogens with zero attached hydrogens (tertiary/aromatic N) is 2. The first-order chi connectivity index (χ1) is 8.54. The molecule has 0 aromatic carbocycles. The molecule has 5 nitrogen and oxygen atoms in total. The van der Waals surface area contributed by atoms with Crippen LogP contribution in [0.2, 0.25) is 0 Å².